The number of rotatable bonds is 5. The Labute approximate surface area is 153 Å². The number of pyridine rings is 1. The lowest BCUT2D eigenvalue weighted by molar-refractivity contribution is -0.0120. The summed E-state index contributed by atoms with van der Waals surface area (Å²) in [7, 11) is 0. The minimum Gasteiger partial charge on any atom is -0.372 e. The van der Waals surface area contributed by atoms with Crippen LogP contribution in [0, 0.1) is 13.8 Å². The highest BCUT2D eigenvalue weighted by Gasteiger charge is 2.22. The molecule has 0 N–H and O–H groups in total. The summed E-state index contributed by atoms with van der Waals surface area (Å²) in [4.78, 5) is 11.3. The van der Waals surface area contributed by atoms with Crippen molar-refractivity contribution in [3.8, 4) is 0 Å². The fourth-order valence-corrected chi connectivity index (χ4v) is 3.66. The molecule has 0 aliphatic carbocycles. The minimum atomic E-state index is 0.266. The summed E-state index contributed by atoms with van der Waals surface area (Å²) in [6.45, 7) is 7.64. The Morgan fingerprint density at radius 1 is 1.27 bits per heavy atom. The molecule has 3 aromatic rings. The van der Waals surface area contributed by atoms with Gasteiger partial charge in [-0.15, -0.1) is 0 Å². The van der Waals surface area contributed by atoms with E-state index in [1.165, 1.54) is 5.56 Å². The number of ether oxygens (including phenoxy) is 1. The summed E-state index contributed by atoms with van der Waals surface area (Å²) in [6, 6.07) is 6.07. The molecule has 0 unspecified atom stereocenters. The van der Waals surface area contributed by atoms with Gasteiger partial charge in [-0.3, -0.25) is 9.88 Å². The lowest BCUT2D eigenvalue weighted by Crippen LogP contribution is -2.39. The molecular formula is C20H25N5O. The van der Waals surface area contributed by atoms with Crippen LogP contribution in [-0.2, 0) is 17.9 Å². The first-order valence-corrected chi connectivity index (χ1v) is 9.23. The van der Waals surface area contributed by atoms with Crippen LogP contribution >= 0.6 is 0 Å². The van der Waals surface area contributed by atoms with Crippen LogP contribution in [0.5, 0.6) is 0 Å². The summed E-state index contributed by atoms with van der Waals surface area (Å²) >= 11 is 0. The van der Waals surface area contributed by atoms with Crippen LogP contribution in [0.4, 0.5) is 0 Å². The quantitative estimate of drug-likeness (QED) is 0.707. The van der Waals surface area contributed by atoms with Gasteiger partial charge in [-0.2, -0.15) is 5.10 Å². The third-order valence-corrected chi connectivity index (χ3v) is 4.92. The highest BCUT2D eigenvalue weighted by atomic mass is 16.5. The molecule has 3 aromatic heterocycles. The Kier molecular flexibility index (Phi) is 4.95. The molecule has 4 rings (SSSR count). The summed E-state index contributed by atoms with van der Waals surface area (Å²) in [5.74, 6) is 0. The SMILES string of the molecule is Cc1cc(C)n2ncc(CN3CCC[C@@H](OCc4cccnc4)C3)c2n1. The van der Waals surface area contributed by atoms with Crippen molar-refractivity contribution in [1.82, 2.24) is 24.5 Å². The molecule has 1 saturated heterocycles. The van der Waals surface area contributed by atoms with Crippen LogP contribution in [0.1, 0.15) is 35.4 Å². The number of likely N-dealkylation sites (tertiary alicyclic amines) is 1. The Morgan fingerprint density at radius 3 is 3.04 bits per heavy atom. The van der Waals surface area contributed by atoms with Crippen molar-refractivity contribution < 1.29 is 4.74 Å². The van der Waals surface area contributed by atoms with Gasteiger partial charge in [0.15, 0.2) is 5.65 Å². The zero-order chi connectivity index (χ0) is 17.9. The molecule has 1 aliphatic heterocycles. The maximum absolute atomic E-state index is 6.13. The van der Waals surface area contributed by atoms with Gasteiger partial charge in [-0.05, 0) is 50.9 Å². The van der Waals surface area contributed by atoms with E-state index in [2.05, 4.69) is 34.0 Å². The van der Waals surface area contributed by atoms with Gasteiger partial charge in [0.1, 0.15) is 0 Å². The molecule has 0 spiro atoms. The molecule has 6 heteroatoms. The van der Waals surface area contributed by atoms with Gasteiger partial charge in [0.25, 0.3) is 0 Å². The third-order valence-electron chi connectivity index (χ3n) is 4.92. The van der Waals surface area contributed by atoms with Crippen molar-refractivity contribution in [1.29, 1.82) is 0 Å². The van der Waals surface area contributed by atoms with Crippen molar-refractivity contribution in [2.45, 2.75) is 45.9 Å². The molecule has 0 radical (unpaired) electrons. The highest BCUT2D eigenvalue weighted by Crippen LogP contribution is 2.19. The third kappa shape index (κ3) is 3.76. The second-order valence-electron chi connectivity index (χ2n) is 7.12. The van der Waals surface area contributed by atoms with Crippen molar-refractivity contribution >= 4 is 5.65 Å². The van der Waals surface area contributed by atoms with Crippen molar-refractivity contribution in [3.05, 3.63) is 59.3 Å². The number of piperidine rings is 1. The van der Waals surface area contributed by atoms with Crippen LogP contribution < -0.4 is 0 Å². The van der Waals surface area contributed by atoms with E-state index in [0.717, 1.165) is 55.1 Å². The van der Waals surface area contributed by atoms with E-state index in [1.807, 2.05) is 29.9 Å². The monoisotopic (exact) mass is 351 g/mol. The van der Waals surface area contributed by atoms with Crippen LogP contribution in [0.15, 0.2) is 36.8 Å². The zero-order valence-electron chi connectivity index (χ0n) is 15.4. The summed E-state index contributed by atoms with van der Waals surface area (Å²) in [5.41, 5.74) is 5.44. The Morgan fingerprint density at radius 2 is 2.19 bits per heavy atom. The number of hydrogen-bond donors (Lipinski definition) is 0. The molecule has 136 valence electrons. The first kappa shape index (κ1) is 17.1. The predicted octanol–water partition coefficient (Wildman–Crippen LogP) is 2.92. The molecule has 0 aromatic carbocycles. The average Bonchev–Trinajstić information content (AvgIpc) is 3.04. The van der Waals surface area contributed by atoms with Crippen LogP contribution in [0.3, 0.4) is 0 Å². The van der Waals surface area contributed by atoms with Crippen LogP contribution in [0.2, 0.25) is 0 Å². The number of aryl methyl sites for hydroxylation is 2. The molecule has 1 aliphatic rings. The van der Waals surface area contributed by atoms with Crippen molar-refractivity contribution in [2.24, 2.45) is 0 Å². The van der Waals surface area contributed by atoms with Gasteiger partial charge < -0.3 is 4.74 Å². The Bertz CT molecular complexity index is 877. The molecule has 1 atom stereocenters. The largest absolute Gasteiger partial charge is 0.372 e. The topological polar surface area (TPSA) is 55.5 Å². The van der Waals surface area contributed by atoms with Gasteiger partial charge in [0.05, 0.1) is 18.9 Å². The second kappa shape index (κ2) is 7.51. The van der Waals surface area contributed by atoms with Gasteiger partial charge in [0.2, 0.25) is 0 Å². The highest BCUT2D eigenvalue weighted by molar-refractivity contribution is 5.47. The second-order valence-corrected chi connectivity index (χ2v) is 7.12. The smallest absolute Gasteiger partial charge is 0.159 e. The molecule has 0 amide bonds. The van der Waals surface area contributed by atoms with Gasteiger partial charge in [-0.25, -0.2) is 9.50 Å². The maximum Gasteiger partial charge on any atom is 0.159 e. The summed E-state index contributed by atoms with van der Waals surface area (Å²) in [6.07, 6.45) is 8.15. The zero-order valence-corrected chi connectivity index (χ0v) is 15.4. The minimum absolute atomic E-state index is 0.266. The maximum atomic E-state index is 6.13. The van der Waals surface area contributed by atoms with E-state index in [1.54, 1.807) is 6.20 Å². The Hall–Kier alpha value is -2.31. The lowest BCUT2D eigenvalue weighted by atomic mass is 10.1. The van der Waals surface area contributed by atoms with E-state index in [-0.39, 0.29) is 6.10 Å². The fourth-order valence-electron chi connectivity index (χ4n) is 3.66. The molecule has 0 saturated carbocycles. The van der Waals surface area contributed by atoms with Gasteiger partial charge in [-0.1, -0.05) is 6.07 Å². The van der Waals surface area contributed by atoms with Crippen LogP contribution in [0.25, 0.3) is 5.65 Å². The molecule has 26 heavy (non-hydrogen) atoms. The summed E-state index contributed by atoms with van der Waals surface area (Å²) < 4.78 is 8.06. The molecule has 1 fully saturated rings. The molecule has 6 nitrogen and oxygen atoms in total. The van der Waals surface area contributed by atoms with Crippen molar-refractivity contribution in [3.63, 3.8) is 0 Å². The van der Waals surface area contributed by atoms with E-state index in [0.29, 0.717) is 6.61 Å². The number of hydrogen-bond acceptors (Lipinski definition) is 5. The number of aromatic nitrogens is 4. The van der Waals surface area contributed by atoms with Crippen molar-refractivity contribution in [2.75, 3.05) is 13.1 Å². The van der Waals surface area contributed by atoms with Gasteiger partial charge >= 0.3 is 0 Å². The Balaban J connectivity index is 1.41. The average molecular weight is 351 g/mol. The number of nitrogens with zero attached hydrogens (tertiary/aromatic N) is 5. The van der Waals surface area contributed by atoms with E-state index in [4.69, 9.17) is 9.72 Å². The van der Waals surface area contributed by atoms with E-state index in [9.17, 15) is 0 Å². The predicted molar refractivity (Wildman–Crippen MR) is 99.8 cm³/mol. The first-order chi connectivity index (χ1) is 12.7. The number of fused-ring (bicyclic) bond motifs is 1. The lowest BCUT2D eigenvalue weighted by Gasteiger charge is -2.32. The molecule has 4 heterocycles. The molecule has 0 bridgehead atoms. The van der Waals surface area contributed by atoms with Gasteiger partial charge in [0, 0.05) is 42.4 Å². The standard InChI is InChI=1S/C20H25N5O/c1-15-9-16(2)25-20(23-15)18(11-22-25)12-24-8-4-6-19(13-24)26-14-17-5-3-7-21-10-17/h3,5,7,9-11,19H,4,6,8,12-14H2,1-2H3/t19-/m1/s1. The van der Waals surface area contributed by atoms with E-state index >= 15 is 0 Å². The molecular weight excluding hydrogens is 326 g/mol. The fraction of sp³-hybridized carbons (Fsp3) is 0.450. The first-order valence-electron chi connectivity index (χ1n) is 9.23. The normalized spacial score (nSPS) is 18.5. The van der Waals surface area contributed by atoms with Crippen LogP contribution in [-0.4, -0.2) is 43.7 Å². The summed E-state index contributed by atoms with van der Waals surface area (Å²) in [5, 5.41) is 4.51. The van der Waals surface area contributed by atoms with E-state index < -0.39 is 0 Å².